The van der Waals surface area contributed by atoms with Gasteiger partial charge in [0.15, 0.2) is 0 Å². The van der Waals surface area contributed by atoms with E-state index in [-0.39, 0.29) is 6.10 Å². The van der Waals surface area contributed by atoms with Crippen molar-refractivity contribution < 1.29 is 9.47 Å². The molecule has 1 aliphatic heterocycles. The van der Waals surface area contributed by atoms with Crippen LogP contribution in [0, 0.1) is 0 Å². The molecule has 0 unspecified atom stereocenters. The van der Waals surface area contributed by atoms with Crippen molar-refractivity contribution in [3.63, 3.8) is 0 Å². The Bertz CT molecular complexity index is 1530. The number of likely N-dealkylation sites (tertiary alicyclic amines) is 1. The molecule has 188 valence electrons. The van der Waals surface area contributed by atoms with Gasteiger partial charge in [0.2, 0.25) is 0 Å². The number of fused-ring (bicyclic) bond motifs is 2. The Morgan fingerprint density at radius 3 is 2.70 bits per heavy atom. The van der Waals surface area contributed by atoms with E-state index in [9.17, 15) is 0 Å². The molecule has 0 radical (unpaired) electrons. The Hall–Kier alpha value is -4.17. The summed E-state index contributed by atoms with van der Waals surface area (Å²) in [5.74, 6) is 2.17. The highest BCUT2D eigenvalue weighted by Gasteiger charge is 2.21. The summed E-state index contributed by atoms with van der Waals surface area (Å²) in [7, 11) is 3.81. The van der Waals surface area contributed by atoms with Crippen LogP contribution in [0.3, 0.4) is 0 Å². The van der Waals surface area contributed by atoms with Crippen LogP contribution in [0.1, 0.15) is 18.5 Å². The Morgan fingerprint density at radius 1 is 1.00 bits per heavy atom. The number of benzene rings is 2. The monoisotopic (exact) mass is 494 g/mol. The van der Waals surface area contributed by atoms with Crippen molar-refractivity contribution in [3.8, 4) is 11.5 Å². The summed E-state index contributed by atoms with van der Waals surface area (Å²) in [6, 6.07) is 18.3. The zero-order valence-electron chi connectivity index (χ0n) is 21.1. The maximum Gasteiger partial charge on any atom is 0.145 e. The first-order valence-corrected chi connectivity index (χ1v) is 12.6. The van der Waals surface area contributed by atoms with E-state index in [2.05, 4.69) is 67.2 Å². The van der Waals surface area contributed by atoms with E-state index >= 15 is 0 Å². The third-order valence-electron chi connectivity index (χ3n) is 6.96. The van der Waals surface area contributed by atoms with Crippen LogP contribution in [0.2, 0.25) is 0 Å². The molecule has 3 aromatic heterocycles. The number of nitrogens with zero attached hydrogens (tertiary/aromatic N) is 5. The van der Waals surface area contributed by atoms with Crippen LogP contribution >= 0.6 is 0 Å². The minimum absolute atomic E-state index is 0.148. The highest BCUT2D eigenvalue weighted by Crippen LogP contribution is 2.37. The summed E-state index contributed by atoms with van der Waals surface area (Å²) in [5, 5.41) is 5.52. The number of nitrogens with one attached hydrogen (secondary N) is 1. The molecule has 0 atom stereocenters. The summed E-state index contributed by atoms with van der Waals surface area (Å²) in [6.45, 7) is 2.77. The van der Waals surface area contributed by atoms with Gasteiger partial charge in [-0.05, 0) is 56.3 Å². The van der Waals surface area contributed by atoms with Crippen molar-refractivity contribution in [2.24, 2.45) is 0 Å². The lowest BCUT2D eigenvalue weighted by molar-refractivity contribution is 0.115. The lowest BCUT2D eigenvalue weighted by Crippen LogP contribution is -2.35. The SMILES string of the molecule is COc1cc(OC2CCN(C)CC2)c2c(Nc3ccc4c(ccn4Cc4ccccn4)c3)ncnc2c1. The van der Waals surface area contributed by atoms with E-state index in [0.29, 0.717) is 5.82 Å². The predicted octanol–water partition coefficient (Wildman–Crippen LogP) is 5.25. The Morgan fingerprint density at radius 2 is 1.89 bits per heavy atom. The minimum Gasteiger partial charge on any atom is -0.497 e. The summed E-state index contributed by atoms with van der Waals surface area (Å²) < 4.78 is 14.3. The fourth-order valence-corrected chi connectivity index (χ4v) is 4.94. The molecule has 0 bridgehead atoms. The standard InChI is InChI=1S/C29H30N6O2/c1-34-12-9-23(10-13-34)37-27-17-24(36-2)16-25-28(27)29(32-19-31-25)33-21-6-7-26-20(15-21)8-14-35(26)18-22-5-3-4-11-30-22/h3-8,11,14-17,19,23H,9-10,12-13,18H2,1-2H3,(H,31,32,33). The van der Waals surface area contributed by atoms with Crippen LogP contribution in [0.5, 0.6) is 11.5 Å². The van der Waals surface area contributed by atoms with Crippen LogP contribution in [0.4, 0.5) is 11.5 Å². The molecular formula is C29H30N6O2. The summed E-state index contributed by atoms with van der Waals surface area (Å²) in [6.07, 6.45) is 7.62. The van der Waals surface area contributed by atoms with Gasteiger partial charge in [-0.25, -0.2) is 9.97 Å². The fraction of sp³-hybridized carbons (Fsp3) is 0.276. The van der Waals surface area contributed by atoms with Gasteiger partial charge in [0.05, 0.1) is 30.3 Å². The van der Waals surface area contributed by atoms with E-state index in [1.807, 2.05) is 36.5 Å². The molecule has 0 spiro atoms. The molecule has 37 heavy (non-hydrogen) atoms. The highest BCUT2D eigenvalue weighted by atomic mass is 16.5. The highest BCUT2D eigenvalue weighted by molar-refractivity contribution is 5.97. The number of methoxy groups -OCH3 is 1. The van der Waals surface area contributed by atoms with Gasteiger partial charge in [-0.2, -0.15) is 0 Å². The third kappa shape index (κ3) is 4.93. The second kappa shape index (κ2) is 10.1. The van der Waals surface area contributed by atoms with Crippen LogP contribution < -0.4 is 14.8 Å². The number of pyridine rings is 1. The molecule has 1 aliphatic rings. The molecule has 6 rings (SSSR count). The molecule has 2 aromatic carbocycles. The molecule has 8 nitrogen and oxygen atoms in total. The molecule has 5 aromatic rings. The van der Waals surface area contributed by atoms with Crippen molar-refractivity contribution >= 4 is 33.3 Å². The van der Waals surface area contributed by atoms with E-state index in [1.165, 1.54) is 0 Å². The first-order valence-electron chi connectivity index (χ1n) is 12.6. The lowest BCUT2D eigenvalue weighted by Gasteiger charge is -2.29. The molecule has 0 aliphatic carbocycles. The van der Waals surface area contributed by atoms with Crippen molar-refractivity contribution in [1.29, 1.82) is 0 Å². The van der Waals surface area contributed by atoms with Gasteiger partial charge in [-0.15, -0.1) is 0 Å². The van der Waals surface area contributed by atoms with Gasteiger partial charge in [0.25, 0.3) is 0 Å². The molecule has 4 heterocycles. The molecule has 1 fully saturated rings. The number of hydrogen-bond acceptors (Lipinski definition) is 7. The van der Waals surface area contributed by atoms with E-state index < -0.39 is 0 Å². The van der Waals surface area contributed by atoms with Gasteiger partial charge in [0.1, 0.15) is 29.7 Å². The first-order chi connectivity index (χ1) is 18.2. The van der Waals surface area contributed by atoms with Gasteiger partial charge in [-0.1, -0.05) is 6.07 Å². The van der Waals surface area contributed by atoms with Gasteiger partial charge >= 0.3 is 0 Å². The zero-order valence-corrected chi connectivity index (χ0v) is 21.1. The zero-order chi connectivity index (χ0) is 25.2. The second-order valence-electron chi connectivity index (χ2n) is 9.53. The maximum absolute atomic E-state index is 6.53. The molecule has 1 saturated heterocycles. The topological polar surface area (TPSA) is 77.3 Å². The van der Waals surface area contributed by atoms with Crippen molar-refractivity contribution in [2.45, 2.75) is 25.5 Å². The molecule has 0 saturated carbocycles. The largest absolute Gasteiger partial charge is 0.497 e. The van der Waals surface area contributed by atoms with E-state index in [4.69, 9.17) is 9.47 Å². The lowest BCUT2D eigenvalue weighted by atomic mass is 10.1. The average molecular weight is 495 g/mol. The van der Waals surface area contributed by atoms with Crippen LogP contribution in [-0.4, -0.2) is 57.8 Å². The van der Waals surface area contributed by atoms with Gasteiger partial charge in [0, 0.05) is 54.2 Å². The number of rotatable bonds is 7. The number of anilines is 2. The molecular weight excluding hydrogens is 464 g/mol. The third-order valence-corrected chi connectivity index (χ3v) is 6.96. The summed E-state index contributed by atoms with van der Waals surface area (Å²) >= 11 is 0. The normalized spacial score (nSPS) is 14.8. The Balaban J connectivity index is 1.31. The first kappa shape index (κ1) is 23.2. The number of piperidine rings is 1. The van der Waals surface area contributed by atoms with Crippen LogP contribution in [0.15, 0.2) is 73.3 Å². The van der Waals surface area contributed by atoms with Crippen LogP contribution in [-0.2, 0) is 6.54 Å². The van der Waals surface area contributed by atoms with Crippen LogP contribution in [0.25, 0.3) is 21.8 Å². The predicted molar refractivity (Wildman–Crippen MR) is 146 cm³/mol. The minimum atomic E-state index is 0.148. The number of aromatic nitrogens is 4. The van der Waals surface area contributed by atoms with Gasteiger partial charge < -0.3 is 24.3 Å². The maximum atomic E-state index is 6.53. The smallest absolute Gasteiger partial charge is 0.145 e. The van der Waals surface area contributed by atoms with Gasteiger partial charge in [-0.3, -0.25) is 4.98 Å². The number of ether oxygens (including phenoxy) is 2. The van der Waals surface area contributed by atoms with Crippen molar-refractivity contribution in [2.75, 3.05) is 32.6 Å². The fourth-order valence-electron chi connectivity index (χ4n) is 4.94. The quantitative estimate of drug-likeness (QED) is 0.331. The van der Waals surface area contributed by atoms with Crippen molar-refractivity contribution in [3.05, 3.63) is 79.0 Å². The second-order valence-corrected chi connectivity index (χ2v) is 9.53. The Kier molecular flexibility index (Phi) is 6.32. The summed E-state index contributed by atoms with van der Waals surface area (Å²) in [5.41, 5.74) is 3.91. The summed E-state index contributed by atoms with van der Waals surface area (Å²) in [4.78, 5) is 15.9. The molecule has 0 amide bonds. The van der Waals surface area contributed by atoms with E-state index in [0.717, 1.165) is 77.2 Å². The molecule has 8 heteroatoms. The van der Waals surface area contributed by atoms with E-state index in [1.54, 1.807) is 13.4 Å². The Labute approximate surface area is 215 Å². The average Bonchev–Trinajstić information content (AvgIpc) is 3.32. The molecule has 1 N–H and O–H groups in total. The van der Waals surface area contributed by atoms with Crippen molar-refractivity contribution in [1.82, 2.24) is 24.4 Å². The number of hydrogen-bond donors (Lipinski definition) is 1.